The lowest BCUT2D eigenvalue weighted by Gasteiger charge is -2.34. The number of benzene rings is 1. The second kappa shape index (κ2) is 14.8. The molecule has 1 aromatic heterocycles. The van der Waals surface area contributed by atoms with Crippen molar-refractivity contribution >= 4 is 41.3 Å². The van der Waals surface area contributed by atoms with Gasteiger partial charge in [0.15, 0.2) is 5.96 Å². The lowest BCUT2D eigenvalue weighted by Crippen LogP contribution is -2.46. The first kappa shape index (κ1) is 27.0. The van der Waals surface area contributed by atoms with Crippen LogP contribution >= 0.6 is 35.3 Å². The molecule has 8 heteroatoms. The molecule has 2 unspecified atom stereocenters. The van der Waals surface area contributed by atoms with Crippen LogP contribution in [0.4, 0.5) is 0 Å². The molecule has 1 aliphatic heterocycles. The number of morpholine rings is 1. The quantitative estimate of drug-likeness (QED) is 0.258. The van der Waals surface area contributed by atoms with Crippen LogP contribution in [0.5, 0.6) is 0 Å². The van der Waals surface area contributed by atoms with Gasteiger partial charge in [-0.1, -0.05) is 36.4 Å². The van der Waals surface area contributed by atoms with Gasteiger partial charge in [-0.05, 0) is 37.4 Å². The minimum atomic E-state index is 0. The predicted molar refractivity (Wildman–Crippen MR) is 146 cm³/mol. The maximum atomic E-state index is 5.55. The lowest BCUT2D eigenvalue weighted by molar-refractivity contribution is 0.0177. The van der Waals surface area contributed by atoms with Gasteiger partial charge in [-0.2, -0.15) is 0 Å². The van der Waals surface area contributed by atoms with E-state index < -0.39 is 0 Å². The summed E-state index contributed by atoms with van der Waals surface area (Å²) in [6, 6.07) is 15.8. The average Bonchev–Trinajstić information content (AvgIpc) is 3.34. The first-order valence-corrected chi connectivity index (χ1v) is 12.1. The molecule has 0 spiro atoms. The molecule has 32 heavy (non-hydrogen) atoms. The molecular formula is C24H38IN5OS. The monoisotopic (exact) mass is 571 g/mol. The van der Waals surface area contributed by atoms with Crippen molar-refractivity contribution in [2.45, 2.75) is 32.0 Å². The van der Waals surface area contributed by atoms with E-state index in [2.05, 4.69) is 87.2 Å². The number of hydrogen-bond donors (Lipinski definition) is 2. The second-order valence-electron chi connectivity index (χ2n) is 8.10. The molecule has 0 amide bonds. The van der Waals surface area contributed by atoms with Gasteiger partial charge in [0, 0.05) is 50.7 Å². The Balaban J connectivity index is 0.00000363. The number of rotatable bonds is 10. The van der Waals surface area contributed by atoms with Crippen molar-refractivity contribution in [3.05, 3.63) is 58.3 Å². The van der Waals surface area contributed by atoms with Crippen LogP contribution in [0.1, 0.15) is 29.8 Å². The standard InChI is InChI=1S/C24H37N5OS.HI/c1-20(28(3)19-21-8-5-4-6-9-21)11-12-26-24(25-2)27-18-22(23-10-7-17-31-23)29-13-15-30-16-14-29;/h4-10,17,20,22H,11-16,18-19H2,1-3H3,(H2,25,26,27);1H. The van der Waals surface area contributed by atoms with Crippen molar-refractivity contribution in [2.75, 3.05) is 53.5 Å². The molecule has 0 aliphatic carbocycles. The predicted octanol–water partition coefficient (Wildman–Crippen LogP) is 3.82. The Bertz CT molecular complexity index is 768. The Hall–Kier alpha value is -1.20. The van der Waals surface area contributed by atoms with Gasteiger partial charge < -0.3 is 15.4 Å². The minimum Gasteiger partial charge on any atom is -0.379 e. The lowest BCUT2D eigenvalue weighted by atomic mass is 10.1. The molecule has 2 N–H and O–H groups in total. The molecule has 1 aliphatic rings. The van der Waals surface area contributed by atoms with Gasteiger partial charge in [-0.25, -0.2) is 0 Å². The molecule has 2 atom stereocenters. The highest BCUT2D eigenvalue weighted by Gasteiger charge is 2.23. The summed E-state index contributed by atoms with van der Waals surface area (Å²) >= 11 is 1.82. The molecule has 2 aromatic rings. The number of guanidine groups is 1. The van der Waals surface area contributed by atoms with Gasteiger partial charge >= 0.3 is 0 Å². The van der Waals surface area contributed by atoms with Crippen molar-refractivity contribution in [3.63, 3.8) is 0 Å². The van der Waals surface area contributed by atoms with Gasteiger partial charge in [-0.15, -0.1) is 35.3 Å². The Kier molecular flexibility index (Phi) is 12.6. The fourth-order valence-electron chi connectivity index (χ4n) is 3.84. The Morgan fingerprint density at radius 3 is 2.56 bits per heavy atom. The minimum absolute atomic E-state index is 0. The van der Waals surface area contributed by atoms with Gasteiger partial charge in [0.25, 0.3) is 0 Å². The van der Waals surface area contributed by atoms with Gasteiger partial charge in [-0.3, -0.25) is 14.8 Å². The van der Waals surface area contributed by atoms with Crippen LogP contribution in [-0.2, 0) is 11.3 Å². The summed E-state index contributed by atoms with van der Waals surface area (Å²) in [5.74, 6) is 0.868. The van der Waals surface area contributed by atoms with E-state index >= 15 is 0 Å². The summed E-state index contributed by atoms with van der Waals surface area (Å²) in [6.45, 7) is 8.55. The first-order valence-electron chi connectivity index (χ1n) is 11.2. The smallest absolute Gasteiger partial charge is 0.191 e. The van der Waals surface area contributed by atoms with E-state index in [9.17, 15) is 0 Å². The zero-order valence-electron chi connectivity index (χ0n) is 19.5. The highest BCUT2D eigenvalue weighted by molar-refractivity contribution is 14.0. The molecular weight excluding hydrogens is 533 g/mol. The number of nitrogens with zero attached hydrogens (tertiary/aromatic N) is 3. The van der Waals surface area contributed by atoms with Crippen LogP contribution in [0.3, 0.4) is 0 Å². The maximum Gasteiger partial charge on any atom is 0.191 e. The molecule has 0 bridgehead atoms. The van der Waals surface area contributed by atoms with Crippen molar-refractivity contribution in [2.24, 2.45) is 4.99 Å². The number of thiophene rings is 1. The molecule has 1 saturated heterocycles. The summed E-state index contributed by atoms with van der Waals surface area (Å²) in [4.78, 5) is 10.7. The third-order valence-corrected chi connectivity index (χ3v) is 6.90. The largest absolute Gasteiger partial charge is 0.379 e. The zero-order valence-corrected chi connectivity index (χ0v) is 22.6. The van der Waals surface area contributed by atoms with Crippen molar-refractivity contribution in [1.82, 2.24) is 20.4 Å². The van der Waals surface area contributed by atoms with Crippen LogP contribution < -0.4 is 10.6 Å². The van der Waals surface area contributed by atoms with Crippen molar-refractivity contribution < 1.29 is 4.74 Å². The number of halogens is 1. The second-order valence-corrected chi connectivity index (χ2v) is 9.08. The SMILES string of the molecule is CN=C(NCCC(C)N(C)Cc1ccccc1)NCC(c1cccs1)N1CCOCC1.I. The van der Waals surface area contributed by atoms with Gasteiger partial charge in [0.2, 0.25) is 0 Å². The molecule has 2 heterocycles. The third-order valence-electron chi connectivity index (χ3n) is 5.93. The first-order chi connectivity index (χ1) is 15.2. The van der Waals surface area contributed by atoms with E-state index in [1.807, 2.05) is 18.4 Å². The summed E-state index contributed by atoms with van der Waals surface area (Å²) in [6.07, 6.45) is 1.06. The number of ether oxygens (including phenoxy) is 1. The molecule has 178 valence electrons. The highest BCUT2D eigenvalue weighted by Crippen LogP contribution is 2.25. The fourth-order valence-corrected chi connectivity index (χ4v) is 4.70. The Labute approximate surface area is 214 Å². The molecule has 3 rings (SSSR count). The normalized spacial score (nSPS) is 16.9. The van der Waals surface area contributed by atoms with Crippen molar-refractivity contribution in [3.8, 4) is 0 Å². The van der Waals surface area contributed by atoms with E-state index in [0.717, 1.165) is 58.3 Å². The van der Waals surface area contributed by atoms with Crippen LogP contribution in [0.2, 0.25) is 0 Å². The third kappa shape index (κ3) is 8.62. The van der Waals surface area contributed by atoms with E-state index in [1.54, 1.807) is 0 Å². The van der Waals surface area contributed by atoms with Gasteiger partial charge in [0.1, 0.15) is 0 Å². The van der Waals surface area contributed by atoms with Gasteiger partial charge in [0.05, 0.1) is 19.3 Å². The van der Waals surface area contributed by atoms with Crippen LogP contribution in [0.15, 0.2) is 52.8 Å². The Morgan fingerprint density at radius 1 is 1.16 bits per heavy atom. The van der Waals surface area contributed by atoms with Crippen LogP contribution in [0.25, 0.3) is 0 Å². The Morgan fingerprint density at radius 2 is 1.91 bits per heavy atom. The van der Waals surface area contributed by atoms with Crippen LogP contribution in [0, 0.1) is 0 Å². The maximum absolute atomic E-state index is 5.55. The van der Waals surface area contributed by atoms with E-state index in [4.69, 9.17) is 4.74 Å². The van der Waals surface area contributed by atoms with E-state index in [-0.39, 0.29) is 24.0 Å². The number of hydrogen-bond acceptors (Lipinski definition) is 5. The summed E-state index contributed by atoms with van der Waals surface area (Å²) < 4.78 is 5.55. The average molecular weight is 572 g/mol. The zero-order chi connectivity index (χ0) is 21.9. The summed E-state index contributed by atoms with van der Waals surface area (Å²) in [5.41, 5.74) is 1.35. The summed E-state index contributed by atoms with van der Waals surface area (Å²) in [7, 11) is 4.04. The molecule has 0 saturated carbocycles. The number of nitrogens with one attached hydrogen (secondary N) is 2. The molecule has 1 fully saturated rings. The topological polar surface area (TPSA) is 52.1 Å². The molecule has 6 nitrogen and oxygen atoms in total. The van der Waals surface area contributed by atoms with E-state index in [0.29, 0.717) is 12.1 Å². The molecule has 0 radical (unpaired) electrons. The number of aliphatic imine (C=N–C) groups is 1. The fraction of sp³-hybridized carbons (Fsp3) is 0.542. The van der Waals surface area contributed by atoms with Crippen LogP contribution in [-0.4, -0.2) is 75.3 Å². The molecule has 1 aromatic carbocycles. The van der Waals surface area contributed by atoms with E-state index in [1.165, 1.54) is 10.4 Å². The highest BCUT2D eigenvalue weighted by atomic mass is 127. The summed E-state index contributed by atoms with van der Waals surface area (Å²) in [5, 5.41) is 9.20. The van der Waals surface area contributed by atoms with Crippen molar-refractivity contribution in [1.29, 1.82) is 0 Å².